The van der Waals surface area contributed by atoms with Gasteiger partial charge >= 0.3 is 0 Å². The molecule has 1 unspecified atom stereocenters. The molecule has 1 rings (SSSR count). The summed E-state index contributed by atoms with van der Waals surface area (Å²) in [7, 11) is 0. The van der Waals surface area contributed by atoms with Gasteiger partial charge in [0, 0.05) is 18.0 Å². The molecule has 0 saturated heterocycles. The molecule has 0 radical (unpaired) electrons. The molecule has 0 aromatic heterocycles. The molecular weight excluding hydrogens is 198 g/mol. The van der Waals surface area contributed by atoms with Gasteiger partial charge in [-0.25, -0.2) is 0 Å². The summed E-state index contributed by atoms with van der Waals surface area (Å²) in [6.45, 7) is 6.55. The maximum Gasteiger partial charge on any atom is 0.167 e. The van der Waals surface area contributed by atoms with Gasteiger partial charge in [-0.2, -0.15) is 0 Å². The molecule has 0 aliphatic heterocycles. The van der Waals surface area contributed by atoms with Crippen molar-refractivity contribution in [2.24, 2.45) is 11.7 Å². The fraction of sp³-hybridized carbons (Fsp3) is 0.500. The lowest BCUT2D eigenvalue weighted by Gasteiger charge is -2.14. The molecule has 0 heterocycles. The second-order valence-corrected chi connectivity index (χ2v) is 4.40. The number of nitrogens with two attached hydrogens (primary N) is 1. The van der Waals surface area contributed by atoms with Crippen LogP contribution in [0.25, 0.3) is 0 Å². The Kier molecular flexibility index (Phi) is 4.69. The van der Waals surface area contributed by atoms with Crippen LogP contribution in [0.15, 0.2) is 18.2 Å². The van der Waals surface area contributed by atoms with E-state index in [1.165, 1.54) is 5.56 Å². The van der Waals surface area contributed by atoms with Crippen molar-refractivity contribution in [3.63, 3.8) is 0 Å². The summed E-state index contributed by atoms with van der Waals surface area (Å²) in [5.74, 6) is 0.174. The lowest BCUT2D eigenvalue weighted by Crippen LogP contribution is -2.24. The zero-order valence-corrected chi connectivity index (χ0v) is 10.4. The summed E-state index contributed by atoms with van der Waals surface area (Å²) in [4.78, 5) is 12.2. The summed E-state index contributed by atoms with van der Waals surface area (Å²) in [6.07, 6.45) is 1.88. The van der Waals surface area contributed by atoms with Crippen molar-refractivity contribution in [1.29, 1.82) is 0 Å². The van der Waals surface area contributed by atoms with E-state index in [1.54, 1.807) is 0 Å². The topological polar surface area (TPSA) is 43.1 Å². The van der Waals surface area contributed by atoms with Crippen LogP contribution in [0.4, 0.5) is 0 Å². The number of hydrogen-bond acceptors (Lipinski definition) is 2. The first-order chi connectivity index (χ1) is 7.60. The smallest absolute Gasteiger partial charge is 0.167 e. The molecule has 0 saturated carbocycles. The third-order valence-corrected chi connectivity index (χ3v) is 2.94. The summed E-state index contributed by atoms with van der Waals surface area (Å²) in [5.41, 5.74) is 8.73. The highest BCUT2D eigenvalue weighted by Gasteiger charge is 2.18. The van der Waals surface area contributed by atoms with Gasteiger partial charge < -0.3 is 5.73 Å². The van der Waals surface area contributed by atoms with E-state index < -0.39 is 0 Å². The van der Waals surface area contributed by atoms with E-state index >= 15 is 0 Å². The second-order valence-electron chi connectivity index (χ2n) is 4.40. The van der Waals surface area contributed by atoms with Gasteiger partial charge in [0.1, 0.15) is 0 Å². The monoisotopic (exact) mass is 219 g/mol. The van der Waals surface area contributed by atoms with E-state index in [0.29, 0.717) is 6.54 Å². The van der Waals surface area contributed by atoms with Crippen molar-refractivity contribution in [3.8, 4) is 0 Å². The number of carbonyl (C=O) groups is 1. The minimum Gasteiger partial charge on any atom is -0.330 e. The Hall–Kier alpha value is -1.15. The van der Waals surface area contributed by atoms with Crippen molar-refractivity contribution in [2.75, 3.05) is 6.54 Å². The quantitative estimate of drug-likeness (QED) is 0.774. The fourth-order valence-corrected chi connectivity index (χ4v) is 2.01. The van der Waals surface area contributed by atoms with Crippen LogP contribution in [0.5, 0.6) is 0 Å². The van der Waals surface area contributed by atoms with Crippen LogP contribution in [0.2, 0.25) is 0 Å². The number of ketones is 1. The van der Waals surface area contributed by atoms with Gasteiger partial charge in [0.15, 0.2) is 5.78 Å². The maximum atomic E-state index is 12.2. The van der Waals surface area contributed by atoms with Crippen LogP contribution in [0.1, 0.15) is 41.3 Å². The average molecular weight is 219 g/mol. The molecule has 0 aliphatic rings. The summed E-state index contributed by atoms with van der Waals surface area (Å²) < 4.78 is 0. The lowest BCUT2D eigenvalue weighted by atomic mass is 9.91. The largest absolute Gasteiger partial charge is 0.330 e. The summed E-state index contributed by atoms with van der Waals surface area (Å²) >= 11 is 0. The van der Waals surface area contributed by atoms with Crippen LogP contribution in [0, 0.1) is 19.8 Å². The van der Waals surface area contributed by atoms with E-state index in [-0.39, 0.29) is 11.7 Å². The Morgan fingerprint density at radius 1 is 1.38 bits per heavy atom. The highest BCUT2D eigenvalue weighted by atomic mass is 16.1. The minimum absolute atomic E-state index is 0.0218. The van der Waals surface area contributed by atoms with E-state index in [4.69, 9.17) is 5.73 Å². The number of carbonyl (C=O) groups excluding carboxylic acids is 1. The Morgan fingerprint density at radius 2 is 2.06 bits per heavy atom. The maximum absolute atomic E-state index is 12.2. The molecule has 0 fully saturated rings. The number of hydrogen-bond donors (Lipinski definition) is 1. The Morgan fingerprint density at radius 3 is 2.56 bits per heavy atom. The van der Waals surface area contributed by atoms with Crippen molar-refractivity contribution < 1.29 is 4.79 Å². The molecule has 0 amide bonds. The molecule has 0 aliphatic carbocycles. The Balaban J connectivity index is 2.94. The Labute approximate surface area is 97.9 Å². The molecule has 2 nitrogen and oxygen atoms in total. The van der Waals surface area contributed by atoms with E-state index in [2.05, 4.69) is 6.92 Å². The summed E-state index contributed by atoms with van der Waals surface area (Å²) in [6, 6.07) is 5.96. The SMILES string of the molecule is CCCC(CN)C(=O)c1ccc(C)cc1C. The average Bonchev–Trinajstić information content (AvgIpc) is 2.25. The molecule has 1 atom stereocenters. The van der Waals surface area contributed by atoms with Crippen LogP contribution < -0.4 is 5.73 Å². The van der Waals surface area contributed by atoms with Crippen LogP contribution in [0.3, 0.4) is 0 Å². The molecular formula is C14H21NO. The van der Waals surface area contributed by atoms with Crippen LogP contribution >= 0.6 is 0 Å². The minimum atomic E-state index is -0.0218. The zero-order chi connectivity index (χ0) is 12.1. The molecule has 1 aromatic carbocycles. The first-order valence-corrected chi connectivity index (χ1v) is 5.91. The zero-order valence-electron chi connectivity index (χ0n) is 10.4. The van der Waals surface area contributed by atoms with Crippen molar-refractivity contribution >= 4 is 5.78 Å². The highest BCUT2D eigenvalue weighted by molar-refractivity contribution is 5.99. The van der Waals surface area contributed by atoms with Crippen molar-refractivity contribution in [1.82, 2.24) is 0 Å². The van der Waals surface area contributed by atoms with Gasteiger partial charge in [0.2, 0.25) is 0 Å². The second kappa shape index (κ2) is 5.80. The van der Waals surface area contributed by atoms with Crippen molar-refractivity contribution in [3.05, 3.63) is 34.9 Å². The predicted molar refractivity (Wildman–Crippen MR) is 67.7 cm³/mol. The number of rotatable bonds is 5. The molecule has 0 spiro atoms. The van der Waals surface area contributed by atoms with Gasteiger partial charge in [0.25, 0.3) is 0 Å². The molecule has 88 valence electrons. The third kappa shape index (κ3) is 2.92. The fourth-order valence-electron chi connectivity index (χ4n) is 2.01. The number of benzene rings is 1. The normalized spacial score (nSPS) is 12.5. The first-order valence-electron chi connectivity index (χ1n) is 5.91. The molecule has 2 heteroatoms. The lowest BCUT2D eigenvalue weighted by molar-refractivity contribution is 0.0917. The first kappa shape index (κ1) is 12.9. The van der Waals surface area contributed by atoms with Gasteiger partial charge in [0.05, 0.1) is 0 Å². The van der Waals surface area contributed by atoms with E-state index in [9.17, 15) is 4.79 Å². The van der Waals surface area contributed by atoms with Crippen LogP contribution in [-0.2, 0) is 0 Å². The van der Waals surface area contributed by atoms with Crippen LogP contribution in [-0.4, -0.2) is 12.3 Å². The van der Waals surface area contributed by atoms with E-state index in [0.717, 1.165) is 24.0 Å². The number of Topliss-reactive ketones (excluding diaryl/α,β-unsaturated/α-hetero) is 1. The Bertz CT molecular complexity index is 371. The third-order valence-electron chi connectivity index (χ3n) is 2.94. The standard InChI is InChI=1S/C14H21NO/c1-4-5-12(9-15)14(16)13-7-6-10(2)8-11(13)3/h6-8,12H,4-5,9,15H2,1-3H3. The number of aryl methyl sites for hydroxylation is 2. The summed E-state index contributed by atoms with van der Waals surface area (Å²) in [5, 5.41) is 0. The van der Waals surface area contributed by atoms with Gasteiger partial charge in [-0.05, 0) is 25.8 Å². The van der Waals surface area contributed by atoms with Gasteiger partial charge in [-0.15, -0.1) is 0 Å². The molecule has 0 bridgehead atoms. The molecule has 2 N–H and O–H groups in total. The van der Waals surface area contributed by atoms with Gasteiger partial charge in [-0.1, -0.05) is 37.1 Å². The predicted octanol–water partition coefficient (Wildman–Crippen LogP) is 2.86. The highest BCUT2D eigenvalue weighted by Crippen LogP contribution is 2.17. The molecule has 1 aromatic rings. The van der Waals surface area contributed by atoms with E-state index in [1.807, 2.05) is 32.0 Å². The van der Waals surface area contributed by atoms with Gasteiger partial charge in [-0.3, -0.25) is 4.79 Å². The molecule has 16 heavy (non-hydrogen) atoms. The van der Waals surface area contributed by atoms with Crippen molar-refractivity contribution in [2.45, 2.75) is 33.6 Å².